The number of nitrogens with zero attached hydrogens (tertiary/aromatic N) is 4. The van der Waals surface area contributed by atoms with E-state index in [2.05, 4.69) is 16.0 Å². The van der Waals surface area contributed by atoms with E-state index in [1.54, 1.807) is 13.1 Å². The van der Waals surface area contributed by atoms with E-state index in [9.17, 15) is 23.6 Å². The molecule has 3 aliphatic heterocycles. The fraction of sp³-hybridized carbons (Fsp3) is 0.475. The van der Waals surface area contributed by atoms with Crippen LogP contribution in [-0.2, 0) is 30.3 Å². The summed E-state index contributed by atoms with van der Waals surface area (Å²) in [5.74, 6) is -1.31. The zero-order chi connectivity index (χ0) is 39.4. The number of rotatable bonds is 17. The number of alkyl carbamates (subject to hydrolysis) is 1. The number of imide groups is 1. The van der Waals surface area contributed by atoms with E-state index in [4.69, 9.17) is 19.2 Å². The maximum absolute atomic E-state index is 15.2. The number of imidazole rings is 1. The molecule has 2 aromatic carbocycles. The molecule has 56 heavy (non-hydrogen) atoms. The van der Waals surface area contributed by atoms with Gasteiger partial charge in [0, 0.05) is 56.8 Å². The quantitative estimate of drug-likeness (QED) is 0.136. The Morgan fingerprint density at radius 2 is 1.82 bits per heavy atom. The first-order chi connectivity index (χ1) is 27.2. The van der Waals surface area contributed by atoms with Crippen LogP contribution in [0.25, 0.3) is 11.3 Å². The van der Waals surface area contributed by atoms with Gasteiger partial charge in [0.1, 0.15) is 24.1 Å². The second-order valence-electron chi connectivity index (χ2n) is 14.3. The molecule has 0 spiro atoms. The average Bonchev–Trinajstić information content (AvgIpc) is 3.95. The number of ether oxygens (including phenoxy) is 3. The number of carbonyl (C=O) groups is 4. The van der Waals surface area contributed by atoms with Gasteiger partial charge in [0.05, 0.1) is 37.5 Å². The number of amides is 5. The predicted octanol–water partition coefficient (Wildman–Crippen LogP) is 4.02. The van der Waals surface area contributed by atoms with E-state index in [1.807, 2.05) is 39.8 Å². The lowest BCUT2D eigenvalue weighted by atomic mass is 9.89. The first-order valence-electron chi connectivity index (χ1n) is 19.1. The van der Waals surface area contributed by atoms with Crippen molar-refractivity contribution in [3.05, 3.63) is 89.9 Å². The minimum Gasteiger partial charge on any atom is -0.447 e. The SMILES string of the molecule is C[C@@H](COC(=O)NCCOCCN1C(=O)C=CC1=O)NC(=O)N(C[C@H]1CCNC1)[C@@H](c1nc(-c2cc(F)ccc2F)cn1Cc1ccccc1)C1CCOCC1. The largest absolute Gasteiger partial charge is 0.447 e. The lowest BCUT2D eigenvalue weighted by Gasteiger charge is -2.40. The molecule has 0 radical (unpaired) electrons. The molecule has 6 rings (SSSR count). The third-order valence-electron chi connectivity index (χ3n) is 10.1. The summed E-state index contributed by atoms with van der Waals surface area (Å²) in [6.07, 6.45) is 5.63. The Morgan fingerprint density at radius 3 is 2.55 bits per heavy atom. The normalized spacial score (nSPS) is 18.3. The molecular formula is C40H49F2N7O7. The topological polar surface area (TPSA) is 156 Å². The number of benzene rings is 2. The number of urea groups is 1. The van der Waals surface area contributed by atoms with Crippen molar-refractivity contribution in [3.63, 3.8) is 0 Å². The van der Waals surface area contributed by atoms with Crippen LogP contribution in [0.5, 0.6) is 0 Å². The van der Waals surface area contributed by atoms with Gasteiger partial charge in [-0.2, -0.15) is 0 Å². The molecule has 300 valence electrons. The number of carbonyl (C=O) groups excluding carboxylic acids is 4. The highest BCUT2D eigenvalue weighted by Gasteiger charge is 2.39. The Hall–Kier alpha value is -5.19. The molecule has 3 aliphatic rings. The first kappa shape index (κ1) is 40.5. The van der Waals surface area contributed by atoms with E-state index in [1.165, 1.54) is 12.2 Å². The molecule has 3 aromatic rings. The van der Waals surface area contributed by atoms with Gasteiger partial charge in [0.2, 0.25) is 0 Å². The second-order valence-corrected chi connectivity index (χ2v) is 14.3. The number of halogens is 2. The average molecular weight is 778 g/mol. The van der Waals surface area contributed by atoms with Gasteiger partial charge >= 0.3 is 12.1 Å². The monoisotopic (exact) mass is 777 g/mol. The third kappa shape index (κ3) is 10.8. The van der Waals surface area contributed by atoms with Gasteiger partial charge in [-0.15, -0.1) is 0 Å². The minimum atomic E-state index is -0.696. The van der Waals surface area contributed by atoms with Crippen molar-refractivity contribution in [1.29, 1.82) is 0 Å². The Morgan fingerprint density at radius 1 is 1.05 bits per heavy atom. The standard InChI is InChI=1S/C40H49F2N7O7/c1-27(26-56-40(53)44-15-19-55-20-16-48-35(50)9-10-36(48)51)45-39(52)49(24-29-11-14-43-22-29)37(30-12-17-54-18-13-30)38-46-34(32-21-31(41)7-8-33(32)42)25-47(38)23-28-5-3-2-4-6-28/h2-10,21,25,27,29-30,37,43H,11-20,22-24,26H2,1H3,(H,44,53)(H,45,52)/t27-,29-,37+/m0/s1. The zero-order valence-corrected chi connectivity index (χ0v) is 31.5. The number of nitrogens with one attached hydrogen (secondary N) is 3. The van der Waals surface area contributed by atoms with E-state index < -0.39 is 29.8 Å². The van der Waals surface area contributed by atoms with Crippen LogP contribution in [0.2, 0.25) is 0 Å². The molecule has 2 fully saturated rings. The summed E-state index contributed by atoms with van der Waals surface area (Å²) < 4.78 is 48.2. The zero-order valence-electron chi connectivity index (χ0n) is 31.5. The Labute approximate surface area is 324 Å². The van der Waals surface area contributed by atoms with E-state index >= 15 is 4.39 Å². The van der Waals surface area contributed by atoms with Gasteiger partial charge in [0.15, 0.2) is 0 Å². The molecule has 0 bridgehead atoms. The van der Waals surface area contributed by atoms with Crippen LogP contribution in [0.15, 0.2) is 66.9 Å². The molecule has 4 heterocycles. The molecule has 2 saturated heterocycles. The number of aromatic nitrogens is 2. The molecule has 3 N–H and O–H groups in total. The van der Waals surface area contributed by atoms with Crippen LogP contribution in [0, 0.1) is 23.5 Å². The molecule has 5 amide bonds. The van der Waals surface area contributed by atoms with Crippen molar-refractivity contribution in [2.75, 3.05) is 65.8 Å². The third-order valence-corrected chi connectivity index (χ3v) is 10.1. The van der Waals surface area contributed by atoms with Crippen LogP contribution >= 0.6 is 0 Å². The van der Waals surface area contributed by atoms with Crippen molar-refractivity contribution in [2.45, 2.75) is 44.8 Å². The predicted molar refractivity (Wildman–Crippen MR) is 201 cm³/mol. The van der Waals surface area contributed by atoms with Crippen LogP contribution < -0.4 is 16.0 Å². The molecule has 0 unspecified atom stereocenters. The fourth-order valence-corrected chi connectivity index (χ4v) is 7.23. The molecule has 3 atom stereocenters. The first-order valence-corrected chi connectivity index (χ1v) is 19.1. The summed E-state index contributed by atoms with van der Waals surface area (Å²) in [6, 6.07) is 11.6. The van der Waals surface area contributed by atoms with Gasteiger partial charge in [0.25, 0.3) is 11.8 Å². The van der Waals surface area contributed by atoms with Gasteiger partial charge in [-0.25, -0.2) is 23.4 Å². The number of hydrogen-bond donors (Lipinski definition) is 3. The minimum absolute atomic E-state index is 0.0306. The van der Waals surface area contributed by atoms with Gasteiger partial charge in [-0.3, -0.25) is 14.5 Å². The summed E-state index contributed by atoms with van der Waals surface area (Å²) in [5, 5.41) is 9.02. The van der Waals surface area contributed by atoms with Crippen LogP contribution in [0.3, 0.4) is 0 Å². The summed E-state index contributed by atoms with van der Waals surface area (Å²) in [7, 11) is 0. The second kappa shape index (κ2) is 19.6. The van der Waals surface area contributed by atoms with Crippen LogP contribution in [0.4, 0.5) is 18.4 Å². The van der Waals surface area contributed by atoms with Crippen molar-refractivity contribution in [2.24, 2.45) is 11.8 Å². The Balaban J connectivity index is 1.17. The van der Waals surface area contributed by atoms with Crippen LogP contribution in [0.1, 0.15) is 43.6 Å². The molecule has 14 nitrogen and oxygen atoms in total. The van der Waals surface area contributed by atoms with Gasteiger partial charge < -0.3 is 39.6 Å². The van der Waals surface area contributed by atoms with E-state index in [0.717, 1.165) is 48.2 Å². The lowest BCUT2D eigenvalue weighted by molar-refractivity contribution is -0.137. The Bertz CT molecular complexity index is 1830. The smallest absolute Gasteiger partial charge is 0.407 e. The lowest BCUT2D eigenvalue weighted by Crippen LogP contribution is -2.51. The summed E-state index contributed by atoms with van der Waals surface area (Å²) in [6.45, 7) is 5.50. The summed E-state index contributed by atoms with van der Waals surface area (Å²) in [4.78, 5) is 58.1. The molecule has 16 heteroatoms. The summed E-state index contributed by atoms with van der Waals surface area (Å²) >= 11 is 0. The highest BCUT2D eigenvalue weighted by Crippen LogP contribution is 2.38. The van der Waals surface area contributed by atoms with Gasteiger partial charge in [-0.1, -0.05) is 30.3 Å². The highest BCUT2D eigenvalue weighted by molar-refractivity contribution is 6.12. The van der Waals surface area contributed by atoms with Crippen molar-refractivity contribution in [3.8, 4) is 11.3 Å². The molecule has 0 saturated carbocycles. The van der Waals surface area contributed by atoms with Crippen molar-refractivity contribution >= 4 is 23.9 Å². The molecule has 1 aromatic heterocycles. The maximum atomic E-state index is 15.2. The molecular weight excluding hydrogens is 728 g/mol. The maximum Gasteiger partial charge on any atom is 0.407 e. The van der Waals surface area contributed by atoms with Crippen molar-refractivity contribution < 1.29 is 42.2 Å². The van der Waals surface area contributed by atoms with E-state index in [0.29, 0.717) is 45.0 Å². The van der Waals surface area contributed by atoms with E-state index in [-0.39, 0.29) is 73.8 Å². The highest BCUT2D eigenvalue weighted by atomic mass is 19.1. The van der Waals surface area contributed by atoms with Crippen molar-refractivity contribution in [1.82, 2.24) is 35.3 Å². The fourth-order valence-electron chi connectivity index (χ4n) is 7.23. The van der Waals surface area contributed by atoms with Gasteiger partial charge in [-0.05, 0) is 74.9 Å². The summed E-state index contributed by atoms with van der Waals surface area (Å²) in [5.41, 5.74) is 1.27. The Kier molecular flexibility index (Phi) is 14.2. The van der Waals surface area contributed by atoms with Crippen LogP contribution in [-0.4, -0.2) is 115 Å². The number of hydrogen-bond acceptors (Lipinski definition) is 9. The molecule has 0 aliphatic carbocycles.